The van der Waals surface area contributed by atoms with E-state index in [1.165, 1.54) is 13.1 Å². The van der Waals surface area contributed by atoms with E-state index in [4.69, 9.17) is 0 Å². The Kier molecular flexibility index (Phi) is 6.55. The number of hydrogen-bond acceptors (Lipinski definition) is 5. The number of pyridine rings is 1. The number of nitrogens with one attached hydrogen (secondary N) is 3. The molecule has 0 unspecified atom stereocenters. The van der Waals surface area contributed by atoms with Crippen molar-refractivity contribution in [3.8, 4) is 0 Å². The molecular formula is C18H19N5O3. The first-order chi connectivity index (χ1) is 12.5. The number of anilines is 2. The zero-order chi connectivity index (χ0) is 18.9. The summed E-state index contributed by atoms with van der Waals surface area (Å²) in [6, 6.07) is 10.1. The molecule has 1 aromatic heterocycles. The number of hydrogen-bond donors (Lipinski definition) is 3. The molecule has 134 valence electrons. The molecule has 0 saturated carbocycles. The summed E-state index contributed by atoms with van der Waals surface area (Å²) < 4.78 is 0. The van der Waals surface area contributed by atoms with Crippen LogP contribution in [0.4, 0.5) is 11.4 Å². The van der Waals surface area contributed by atoms with Crippen molar-refractivity contribution in [3.63, 3.8) is 0 Å². The number of carbonyl (C=O) groups is 3. The number of para-hydroxylation sites is 2. The lowest BCUT2D eigenvalue weighted by Crippen LogP contribution is -2.22. The summed E-state index contributed by atoms with van der Waals surface area (Å²) in [5.41, 5.74) is 4.17. The van der Waals surface area contributed by atoms with Crippen LogP contribution >= 0.6 is 0 Å². The third kappa shape index (κ3) is 5.82. The lowest BCUT2D eigenvalue weighted by atomic mass is 10.2. The number of nitrogens with zero attached hydrogens (tertiary/aromatic N) is 2. The molecule has 0 aliphatic heterocycles. The fourth-order valence-electron chi connectivity index (χ4n) is 2.06. The Morgan fingerprint density at radius 1 is 1.00 bits per heavy atom. The second-order valence-electron chi connectivity index (χ2n) is 5.48. The van der Waals surface area contributed by atoms with Gasteiger partial charge in [-0.2, -0.15) is 5.10 Å². The highest BCUT2D eigenvalue weighted by molar-refractivity contribution is 6.07. The van der Waals surface area contributed by atoms with E-state index in [1.807, 2.05) is 0 Å². The fourth-order valence-corrected chi connectivity index (χ4v) is 2.06. The molecule has 0 radical (unpaired) electrons. The maximum absolute atomic E-state index is 12.1. The van der Waals surface area contributed by atoms with Gasteiger partial charge in [0.2, 0.25) is 11.8 Å². The number of carbonyl (C=O) groups excluding carboxylic acids is 3. The molecule has 1 aromatic carbocycles. The minimum atomic E-state index is -0.408. The van der Waals surface area contributed by atoms with E-state index in [2.05, 4.69) is 26.1 Å². The summed E-state index contributed by atoms with van der Waals surface area (Å²) in [5, 5.41) is 9.26. The molecule has 0 atom stereocenters. The topological polar surface area (TPSA) is 113 Å². The summed E-state index contributed by atoms with van der Waals surface area (Å²) in [4.78, 5) is 39.1. The van der Waals surface area contributed by atoms with Gasteiger partial charge in [0.1, 0.15) is 0 Å². The van der Waals surface area contributed by atoms with Gasteiger partial charge in [0.15, 0.2) is 0 Å². The van der Waals surface area contributed by atoms with E-state index in [1.54, 1.807) is 49.5 Å². The van der Waals surface area contributed by atoms with Gasteiger partial charge < -0.3 is 10.6 Å². The second kappa shape index (κ2) is 9.07. The number of amides is 3. The Labute approximate surface area is 150 Å². The van der Waals surface area contributed by atoms with Gasteiger partial charge in [-0.15, -0.1) is 0 Å². The molecule has 3 amide bonds. The first-order valence-corrected chi connectivity index (χ1v) is 7.85. The molecule has 0 bridgehead atoms. The van der Waals surface area contributed by atoms with E-state index in [0.717, 1.165) is 0 Å². The van der Waals surface area contributed by atoms with Crippen molar-refractivity contribution in [1.29, 1.82) is 0 Å². The molecular weight excluding hydrogens is 334 g/mol. The van der Waals surface area contributed by atoms with E-state index in [9.17, 15) is 14.4 Å². The van der Waals surface area contributed by atoms with Gasteiger partial charge in [-0.1, -0.05) is 12.1 Å². The molecule has 3 N–H and O–H groups in total. The van der Waals surface area contributed by atoms with Crippen LogP contribution in [0.5, 0.6) is 0 Å². The van der Waals surface area contributed by atoms with Crippen LogP contribution in [-0.2, 0) is 9.59 Å². The Bertz CT molecular complexity index is 834. The van der Waals surface area contributed by atoms with Crippen LogP contribution in [0.1, 0.15) is 30.6 Å². The van der Waals surface area contributed by atoms with E-state index >= 15 is 0 Å². The molecule has 26 heavy (non-hydrogen) atoms. The highest BCUT2D eigenvalue weighted by atomic mass is 16.2. The van der Waals surface area contributed by atoms with Crippen LogP contribution in [0.2, 0.25) is 0 Å². The van der Waals surface area contributed by atoms with Gasteiger partial charge in [0.05, 0.1) is 23.4 Å². The first-order valence-electron chi connectivity index (χ1n) is 7.85. The highest BCUT2D eigenvalue weighted by Crippen LogP contribution is 2.21. The summed E-state index contributed by atoms with van der Waals surface area (Å²) >= 11 is 0. The lowest BCUT2D eigenvalue weighted by molar-refractivity contribution is -0.115. The molecule has 0 fully saturated rings. The average Bonchev–Trinajstić information content (AvgIpc) is 2.61. The molecule has 0 spiro atoms. The quantitative estimate of drug-likeness (QED) is 0.546. The summed E-state index contributed by atoms with van der Waals surface area (Å²) in [7, 11) is 0. The Hall–Kier alpha value is -3.55. The predicted molar refractivity (Wildman–Crippen MR) is 98.8 cm³/mol. The number of rotatable bonds is 6. The van der Waals surface area contributed by atoms with E-state index in [-0.39, 0.29) is 18.2 Å². The molecule has 2 aromatic rings. The minimum absolute atomic E-state index is 0.0122. The van der Waals surface area contributed by atoms with Crippen molar-refractivity contribution in [2.75, 3.05) is 10.6 Å². The average molecular weight is 353 g/mol. The zero-order valence-corrected chi connectivity index (χ0v) is 14.4. The standard InChI is InChI=1S/C18H19N5O3/c1-12(22-23-18(26)14-6-5-9-19-11-14)10-17(25)21-16-8-4-3-7-15(16)20-13(2)24/h3-9,11H,10H2,1-2H3,(H,20,24)(H,21,25)(H,23,26). The Morgan fingerprint density at radius 3 is 2.31 bits per heavy atom. The van der Waals surface area contributed by atoms with Crippen molar-refractivity contribution in [2.45, 2.75) is 20.3 Å². The summed E-state index contributed by atoms with van der Waals surface area (Å²) in [6.45, 7) is 3.02. The number of benzene rings is 1. The highest BCUT2D eigenvalue weighted by Gasteiger charge is 2.09. The lowest BCUT2D eigenvalue weighted by Gasteiger charge is -2.11. The molecule has 1 heterocycles. The van der Waals surface area contributed by atoms with Crippen molar-refractivity contribution in [2.24, 2.45) is 5.10 Å². The SMILES string of the molecule is CC(=O)Nc1ccccc1NC(=O)CC(C)=NNC(=O)c1cccnc1. The van der Waals surface area contributed by atoms with Gasteiger partial charge in [-0.25, -0.2) is 5.43 Å². The van der Waals surface area contributed by atoms with Gasteiger partial charge in [0.25, 0.3) is 5.91 Å². The Balaban J connectivity index is 1.93. The van der Waals surface area contributed by atoms with Crippen molar-refractivity contribution in [1.82, 2.24) is 10.4 Å². The van der Waals surface area contributed by atoms with Gasteiger partial charge in [0, 0.05) is 25.0 Å². The first kappa shape index (κ1) is 18.8. The maximum atomic E-state index is 12.1. The van der Waals surface area contributed by atoms with Crippen molar-refractivity contribution >= 4 is 34.8 Å². The molecule has 0 aliphatic carbocycles. The largest absolute Gasteiger partial charge is 0.325 e. The van der Waals surface area contributed by atoms with Crippen LogP contribution in [-0.4, -0.2) is 28.4 Å². The summed E-state index contributed by atoms with van der Waals surface area (Å²) in [5.74, 6) is -0.962. The maximum Gasteiger partial charge on any atom is 0.272 e. The molecule has 0 aliphatic rings. The van der Waals surface area contributed by atoms with Crippen LogP contribution in [0, 0.1) is 0 Å². The monoisotopic (exact) mass is 353 g/mol. The summed E-state index contributed by atoms with van der Waals surface area (Å²) in [6.07, 6.45) is 2.97. The normalized spacial score (nSPS) is 10.8. The minimum Gasteiger partial charge on any atom is -0.325 e. The van der Waals surface area contributed by atoms with Crippen LogP contribution in [0.25, 0.3) is 0 Å². The zero-order valence-electron chi connectivity index (χ0n) is 14.4. The van der Waals surface area contributed by atoms with Gasteiger partial charge >= 0.3 is 0 Å². The third-order valence-corrected chi connectivity index (χ3v) is 3.20. The van der Waals surface area contributed by atoms with Crippen LogP contribution in [0.3, 0.4) is 0 Å². The number of aromatic nitrogens is 1. The third-order valence-electron chi connectivity index (χ3n) is 3.20. The van der Waals surface area contributed by atoms with Crippen LogP contribution in [0.15, 0.2) is 53.9 Å². The van der Waals surface area contributed by atoms with Gasteiger partial charge in [-0.05, 0) is 31.2 Å². The van der Waals surface area contributed by atoms with E-state index in [0.29, 0.717) is 22.6 Å². The van der Waals surface area contributed by atoms with Gasteiger partial charge in [-0.3, -0.25) is 19.4 Å². The smallest absolute Gasteiger partial charge is 0.272 e. The molecule has 8 nitrogen and oxygen atoms in total. The van der Waals surface area contributed by atoms with Crippen molar-refractivity contribution in [3.05, 3.63) is 54.4 Å². The molecule has 8 heteroatoms. The molecule has 2 rings (SSSR count). The molecule has 0 saturated heterocycles. The fraction of sp³-hybridized carbons (Fsp3) is 0.167. The van der Waals surface area contributed by atoms with Crippen molar-refractivity contribution < 1.29 is 14.4 Å². The Morgan fingerprint density at radius 2 is 1.69 bits per heavy atom. The van der Waals surface area contributed by atoms with Crippen LogP contribution < -0.4 is 16.1 Å². The second-order valence-corrected chi connectivity index (χ2v) is 5.48. The van der Waals surface area contributed by atoms with E-state index < -0.39 is 5.91 Å². The number of hydrazone groups is 1. The predicted octanol–water partition coefficient (Wildman–Crippen LogP) is 2.17.